The third-order valence-corrected chi connectivity index (χ3v) is 4.10. The largest absolute Gasteiger partial charge is 0.462 e. The van der Waals surface area contributed by atoms with E-state index in [2.05, 4.69) is 15.6 Å². The minimum atomic E-state index is -0.477. The molecule has 6 nitrogen and oxygen atoms in total. The second-order valence-electron chi connectivity index (χ2n) is 6.09. The summed E-state index contributed by atoms with van der Waals surface area (Å²) in [6, 6.07) is 17.8. The van der Waals surface area contributed by atoms with Gasteiger partial charge in [-0.25, -0.2) is 9.78 Å². The number of para-hydroxylation sites is 2. The molecule has 2 aromatic carbocycles. The molecule has 0 fully saturated rings. The van der Waals surface area contributed by atoms with Crippen molar-refractivity contribution in [3.8, 4) is 0 Å². The predicted molar refractivity (Wildman–Crippen MR) is 109 cm³/mol. The molecule has 0 saturated heterocycles. The van der Waals surface area contributed by atoms with Crippen LogP contribution in [0.2, 0.25) is 0 Å². The number of benzene rings is 2. The van der Waals surface area contributed by atoms with Gasteiger partial charge in [-0.05, 0) is 49.7 Å². The zero-order valence-electron chi connectivity index (χ0n) is 15.7. The van der Waals surface area contributed by atoms with Crippen LogP contribution in [-0.2, 0) is 4.74 Å². The van der Waals surface area contributed by atoms with Crippen LogP contribution in [-0.4, -0.2) is 23.5 Å². The molecule has 1 heterocycles. The van der Waals surface area contributed by atoms with Crippen molar-refractivity contribution in [2.45, 2.75) is 13.8 Å². The van der Waals surface area contributed by atoms with Crippen molar-refractivity contribution >= 4 is 29.1 Å². The van der Waals surface area contributed by atoms with E-state index in [1.165, 1.54) is 0 Å². The van der Waals surface area contributed by atoms with E-state index >= 15 is 0 Å². The van der Waals surface area contributed by atoms with Crippen molar-refractivity contribution in [2.75, 3.05) is 17.2 Å². The van der Waals surface area contributed by atoms with Crippen LogP contribution < -0.4 is 10.6 Å². The van der Waals surface area contributed by atoms with Gasteiger partial charge in [-0.2, -0.15) is 0 Å². The number of anilines is 3. The van der Waals surface area contributed by atoms with Crippen LogP contribution in [0, 0.1) is 6.92 Å². The standard InChI is InChI=1S/C22H21N3O3/c1-3-28-22(27)17-9-5-7-11-19(17)25-21(26)16-12-13-23-20(14-16)24-18-10-6-4-8-15(18)2/h4-14H,3H2,1-2H3,(H,23,24)(H,25,26). The lowest BCUT2D eigenvalue weighted by Crippen LogP contribution is -2.16. The van der Waals surface area contributed by atoms with E-state index in [-0.39, 0.29) is 12.5 Å². The summed E-state index contributed by atoms with van der Waals surface area (Å²) in [4.78, 5) is 29.0. The van der Waals surface area contributed by atoms with Gasteiger partial charge in [0.2, 0.25) is 0 Å². The summed E-state index contributed by atoms with van der Waals surface area (Å²) in [7, 11) is 0. The molecule has 6 heteroatoms. The summed E-state index contributed by atoms with van der Waals surface area (Å²) < 4.78 is 5.04. The zero-order valence-corrected chi connectivity index (χ0v) is 15.7. The zero-order chi connectivity index (χ0) is 19.9. The molecule has 142 valence electrons. The van der Waals surface area contributed by atoms with Crippen LogP contribution in [0.4, 0.5) is 17.2 Å². The summed E-state index contributed by atoms with van der Waals surface area (Å²) in [6.45, 7) is 3.99. The fourth-order valence-electron chi connectivity index (χ4n) is 2.66. The Balaban J connectivity index is 1.79. The Labute approximate surface area is 163 Å². The van der Waals surface area contributed by atoms with Gasteiger partial charge in [-0.1, -0.05) is 30.3 Å². The number of carbonyl (C=O) groups is 2. The van der Waals surface area contributed by atoms with Crippen LogP contribution in [0.15, 0.2) is 66.9 Å². The number of carbonyl (C=O) groups excluding carboxylic acids is 2. The van der Waals surface area contributed by atoms with Gasteiger partial charge in [0, 0.05) is 17.4 Å². The molecule has 3 aromatic rings. The molecule has 0 spiro atoms. The van der Waals surface area contributed by atoms with Crippen LogP contribution >= 0.6 is 0 Å². The first-order chi connectivity index (χ1) is 13.6. The van der Waals surface area contributed by atoms with Gasteiger partial charge in [0.25, 0.3) is 5.91 Å². The topological polar surface area (TPSA) is 80.3 Å². The van der Waals surface area contributed by atoms with E-state index in [4.69, 9.17) is 4.74 Å². The van der Waals surface area contributed by atoms with Crippen molar-refractivity contribution in [1.82, 2.24) is 4.98 Å². The van der Waals surface area contributed by atoms with Gasteiger partial charge in [-0.15, -0.1) is 0 Å². The monoisotopic (exact) mass is 375 g/mol. The number of ether oxygens (including phenoxy) is 1. The first kappa shape index (κ1) is 19.1. The van der Waals surface area contributed by atoms with Crippen molar-refractivity contribution in [1.29, 1.82) is 0 Å². The third-order valence-electron chi connectivity index (χ3n) is 4.10. The Morgan fingerprint density at radius 1 is 1.00 bits per heavy atom. The minimum Gasteiger partial charge on any atom is -0.462 e. The van der Waals surface area contributed by atoms with Crippen molar-refractivity contribution < 1.29 is 14.3 Å². The fourth-order valence-corrected chi connectivity index (χ4v) is 2.66. The second kappa shape index (κ2) is 8.81. The molecule has 0 atom stereocenters. The molecule has 0 bridgehead atoms. The Morgan fingerprint density at radius 2 is 1.71 bits per heavy atom. The van der Waals surface area contributed by atoms with Crippen LogP contribution in [0.3, 0.4) is 0 Å². The highest BCUT2D eigenvalue weighted by molar-refractivity contribution is 6.08. The Morgan fingerprint density at radius 3 is 2.46 bits per heavy atom. The van der Waals surface area contributed by atoms with Crippen LogP contribution in [0.1, 0.15) is 33.2 Å². The first-order valence-corrected chi connectivity index (χ1v) is 8.94. The molecule has 0 radical (unpaired) electrons. The summed E-state index contributed by atoms with van der Waals surface area (Å²) in [6.07, 6.45) is 1.56. The quantitative estimate of drug-likeness (QED) is 0.617. The van der Waals surface area contributed by atoms with Gasteiger partial charge in [0.15, 0.2) is 0 Å². The average Bonchev–Trinajstić information content (AvgIpc) is 2.70. The van der Waals surface area contributed by atoms with E-state index in [1.54, 1.807) is 49.5 Å². The SMILES string of the molecule is CCOC(=O)c1ccccc1NC(=O)c1ccnc(Nc2ccccc2C)c1. The van der Waals surface area contributed by atoms with Gasteiger partial charge >= 0.3 is 5.97 Å². The molecule has 0 unspecified atom stereocenters. The molecule has 0 aliphatic rings. The summed E-state index contributed by atoms with van der Waals surface area (Å²) in [5, 5.41) is 5.99. The molecular weight excluding hydrogens is 354 g/mol. The summed E-state index contributed by atoms with van der Waals surface area (Å²) in [5.41, 5.74) is 3.12. The van der Waals surface area contributed by atoms with E-state index in [9.17, 15) is 9.59 Å². The molecule has 3 rings (SSSR count). The van der Waals surface area contributed by atoms with E-state index in [0.29, 0.717) is 22.6 Å². The Bertz CT molecular complexity index is 1000. The van der Waals surface area contributed by atoms with Crippen molar-refractivity contribution in [2.24, 2.45) is 0 Å². The molecule has 2 N–H and O–H groups in total. The Hall–Kier alpha value is -3.67. The highest BCUT2D eigenvalue weighted by atomic mass is 16.5. The lowest BCUT2D eigenvalue weighted by molar-refractivity contribution is 0.0527. The number of rotatable bonds is 6. The van der Waals surface area contributed by atoms with Crippen molar-refractivity contribution in [3.63, 3.8) is 0 Å². The maximum Gasteiger partial charge on any atom is 0.340 e. The van der Waals surface area contributed by atoms with Crippen LogP contribution in [0.25, 0.3) is 0 Å². The fraction of sp³-hybridized carbons (Fsp3) is 0.136. The molecular formula is C22H21N3O3. The average molecular weight is 375 g/mol. The van der Waals surface area contributed by atoms with E-state index < -0.39 is 5.97 Å². The maximum atomic E-state index is 12.7. The molecule has 1 aromatic heterocycles. The number of nitrogens with zero attached hydrogens (tertiary/aromatic N) is 1. The second-order valence-corrected chi connectivity index (χ2v) is 6.09. The lowest BCUT2D eigenvalue weighted by Gasteiger charge is -2.12. The predicted octanol–water partition coefficient (Wildman–Crippen LogP) is 4.56. The smallest absolute Gasteiger partial charge is 0.340 e. The number of nitrogens with one attached hydrogen (secondary N) is 2. The highest BCUT2D eigenvalue weighted by Crippen LogP contribution is 2.21. The number of aryl methyl sites for hydroxylation is 1. The number of pyridine rings is 1. The first-order valence-electron chi connectivity index (χ1n) is 8.94. The molecule has 0 saturated carbocycles. The normalized spacial score (nSPS) is 10.2. The van der Waals surface area contributed by atoms with Gasteiger partial charge in [0.05, 0.1) is 17.9 Å². The van der Waals surface area contributed by atoms with Gasteiger partial charge in [-0.3, -0.25) is 4.79 Å². The molecule has 0 aliphatic carbocycles. The number of hydrogen-bond donors (Lipinski definition) is 2. The molecule has 28 heavy (non-hydrogen) atoms. The van der Waals surface area contributed by atoms with Crippen LogP contribution in [0.5, 0.6) is 0 Å². The third kappa shape index (κ3) is 4.54. The summed E-state index contributed by atoms with van der Waals surface area (Å²) in [5.74, 6) is -0.261. The highest BCUT2D eigenvalue weighted by Gasteiger charge is 2.15. The van der Waals surface area contributed by atoms with E-state index in [1.807, 2.05) is 31.2 Å². The Kier molecular flexibility index (Phi) is 6.01. The number of hydrogen-bond acceptors (Lipinski definition) is 5. The van der Waals surface area contributed by atoms with Crippen molar-refractivity contribution in [3.05, 3.63) is 83.6 Å². The number of esters is 1. The maximum absolute atomic E-state index is 12.7. The number of aromatic nitrogens is 1. The van der Waals surface area contributed by atoms with E-state index in [0.717, 1.165) is 11.3 Å². The molecule has 1 amide bonds. The summed E-state index contributed by atoms with van der Waals surface area (Å²) >= 11 is 0. The van der Waals surface area contributed by atoms with Gasteiger partial charge < -0.3 is 15.4 Å². The molecule has 0 aliphatic heterocycles. The lowest BCUT2D eigenvalue weighted by atomic mass is 10.1. The minimum absolute atomic E-state index is 0.263. The number of amides is 1. The van der Waals surface area contributed by atoms with Gasteiger partial charge in [0.1, 0.15) is 5.82 Å².